The minimum Gasteiger partial charge on any atom is -0.486 e. The first-order valence-electron chi connectivity index (χ1n) is 7.23. The molecule has 0 atom stereocenters. The fourth-order valence-electron chi connectivity index (χ4n) is 2.89. The summed E-state index contributed by atoms with van der Waals surface area (Å²) in [6.45, 7) is 3.63. The molecule has 0 spiro atoms. The van der Waals surface area contributed by atoms with Crippen LogP contribution in [0.1, 0.15) is 18.4 Å². The molecule has 1 amide bonds. The number of likely N-dealkylation sites (tertiary alicyclic amines) is 1. The Morgan fingerprint density at radius 1 is 1.29 bits per heavy atom. The van der Waals surface area contributed by atoms with Gasteiger partial charge < -0.3 is 15.2 Å². The summed E-state index contributed by atoms with van der Waals surface area (Å²) >= 11 is 6.25. The van der Waals surface area contributed by atoms with E-state index in [1.807, 2.05) is 12.1 Å². The highest BCUT2D eigenvalue weighted by molar-refractivity contribution is 6.32. The predicted molar refractivity (Wildman–Crippen MR) is 79.6 cm³/mol. The van der Waals surface area contributed by atoms with Crippen LogP contribution < -0.4 is 15.2 Å². The molecule has 2 N–H and O–H groups in total. The molecule has 0 radical (unpaired) electrons. The smallest absolute Gasteiger partial charge is 0.220 e. The maximum absolute atomic E-state index is 11.2. The predicted octanol–water partition coefficient (Wildman–Crippen LogP) is 1.81. The zero-order chi connectivity index (χ0) is 14.8. The number of ether oxygens (including phenoxy) is 2. The van der Waals surface area contributed by atoms with Crippen molar-refractivity contribution < 1.29 is 14.3 Å². The molecule has 1 fully saturated rings. The number of halogens is 1. The molecule has 0 aromatic heterocycles. The molecule has 1 aromatic rings. The molecule has 2 heterocycles. The van der Waals surface area contributed by atoms with E-state index in [4.69, 9.17) is 26.8 Å². The molecule has 1 saturated heterocycles. The summed E-state index contributed by atoms with van der Waals surface area (Å²) in [7, 11) is 0. The summed E-state index contributed by atoms with van der Waals surface area (Å²) in [5.74, 6) is 1.19. The van der Waals surface area contributed by atoms with Gasteiger partial charge in [-0.2, -0.15) is 0 Å². The first-order chi connectivity index (χ1) is 10.1. The molecule has 6 heteroatoms. The number of piperidine rings is 1. The summed E-state index contributed by atoms with van der Waals surface area (Å²) in [6, 6.07) is 3.91. The Labute approximate surface area is 128 Å². The van der Waals surface area contributed by atoms with E-state index in [2.05, 4.69) is 4.90 Å². The van der Waals surface area contributed by atoms with E-state index >= 15 is 0 Å². The topological polar surface area (TPSA) is 64.8 Å². The Kier molecular flexibility index (Phi) is 4.22. The molecule has 2 aliphatic heterocycles. The van der Waals surface area contributed by atoms with E-state index in [9.17, 15) is 4.79 Å². The molecule has 114 valence electrons. The molecule has 0 unspecified atom stereocenters. The van der Waals surface area contributed by atoms with Crippen LogP contribution in [0.3, 0.4) is 0 Å². The van der Waals surface area contributed by atoms with Crippen molar-refractivity contribution in [1.29, 1.82) is 0 Å². The molecule has 21 heavy (non-hydrogen) atoms. The first-order valence-corrected chi connectivity index (χ1v) is 7.61. The number of rotatable bonds is 3. The van der Waals surface area contributed by atoms with E-state index in [-0.39, 0.29) is 11.8 Å². The van der Waals surface area contributed by atoms with Crippen LogP contribution in [-0.2, 0) is 11.3 Å². The number of hydrogen-bond donors (Lipinski definition) is 1. The highest BCUT2D eigenvalue weighted by Crippen LogP contribution is 2.38. The van der Waals surface area contributed by atoms with Crippen LogP contribution >= 0.6 is 11.6 Å². The minimum atomic E-state index is -0.183. The van der Waals surface area contributed by atoms with E-state index < -0.39 is 0 Å². The van der Waals surface area contributed by atoms with Crippen LogP contribution in [0, 0.1) is 5.92 Å². The molecule has 0 bridgehead atoms. The van der Waals surface area contributed by atoms with Gasteiger partial charge in [-0.3, -0.25) is 9.69 Å². The van der Waals surface area contributed by atoms with Gasteiger partial charge >= 0.3 is 0 Å². The lowest BCUT2D eigenvalue weighted by Crippen LogP contribution is -2.38. The Balaban J connectivity index is 1.66. The van der Waals surface area contributed by atoms with E-state index in [1.165, 1.54) is 0 Å². The van der Waals surface area contributed by atoms with Crippen molar-refractivity contribution in [2.45, 2.75) is 19.4 Å². The fraction of sp³-hybridized carbons (Fsp3) is 0.533. The molecule has 5 nitrogen and oxygen atoms in total. The second-order valence-corrected chi connectivity index (χ2v) is 5.96. The second-order valence-electron chi connectivity index (χ2n) is 5.55. The largest absolute Gasteiger partial charge is 0.486 e. The molecular weight excluding hydrogens is 292 g/mol. The lowest BCUT2D eigenvalue weighted by Gasteiger charge is -2.30. The quantitative estimate of drug-likeness (QED) is 0.924. The van der Waals surface area contributed by atoms with Crippen LogP contribution in [0.4, 0.5) is 0 Å². The van der Waals surface area contributed by atoms with Gasteiger partial charge in [-0.05, 0) is 43.6 Å². The highest BCUT2D eigenvalue weighted by atomic mass is 35.5. The van der Waals surface area contributed by atoms with Crippen molar-refractivity contribution in [3.8, 4) is 11.5 Å². The van der Waals surface area contributed by atoms with Gasteiger partial charge in [0.2, 0.25) is 5.91 Å². The summed E-state index contributed by atoms with van der Waals surface area (Å²) in [6.07, 6.45) is 1.65. The maximum atomic E-state index is 11.2. The lowest BCUT2D eigenvalue weighted by molar-refractivity contribution is -0.123. The third-order valence-corrected chi connectivity index (χ3v) is 4.33. The van der Waals surface area contributed by atoms with Crippen molar-refractivity contribution >= 4 is 17.5 Å². The maximum Gasteiger partial charge on any atom is 0.220 e. The number of nitrogens with two attached hydrogens (primary N) is 1. The second kappa shape index (κ2) is 6.12. The number of carbonyl (C=O) groups excluding carboxylic acids is 1. The van der Waals surface area contributed by atoms with Gasteiger partial charge in [0, 0.05) is 12.5 Å². The summed E-state index contributed by atoms with van der Waals surface area (Å²) < 4.78 is 11.1. The molecule has 0 aliphatic carbocycles. The van der Waals surface area contributed by atoms with E-state index in [0.717, 1.165) is 43.8 Å². The van der Waals surface area contributed by atoms with Crippen LogP contribution in [0.2, 0.25) is 5.02 Å². The molecule has 0 saturated carbocycles. The number of hydrogen-bond acceptors (Lipinski definition) is 4. The van der Waals surface area contributed by atoms with Gasteiger partial charge in [-0.1, -0.05) is 11.6 Å². The summed E-state index contributed by atoms with van der Waals surface area (Å²) in [5, 5.41) is 0.592. The SMILES string of the molecule is NC(=O)C1CCN(Cc2cc(Cl)c3c(c2)OCCO3)CC1. The minimum absolute atomic E-state index is 0.0186. The number of carbonyl (C=O) groups is 1. The van der Waals surface area contributed by atoms with Gasteiger partial charge in [-0.15, -0.1) is 0 Å². The third kappa shape index (κ3) is 3.24. The van der Waals surface area contributed by atoms with Gasteiger partial charge in [0.1, 0.15) is 13.2 Å². The number of fused-ring (bicyclic) bond motifs is 1. The van der Waals surface area contributed by atoms with Gasteiger partial charge in [0.15, 0.2) is 11.5 Å². The van der Waals surface area contributed by atoms with Gasteiger partial charge in [0.25, 0.3) is 0 Å². The Morgan fingerprint density at radius 2 is 2.00 bits per heavy atom. The summed E-state index contributed by atoms with van der Waals surface area (Å²) in [4.78, 5) is 13.5. The van der Waals surface area contributed by atoms with Crippen molar-refractivity contribution in [2.24, 2.45) is 11.7 Å². The first kappa shape index (κ1) is 14.5. The number of nitrogens with zero attached hydrogens (tertiary/aromatic N) is 1. The average molecular weight is 311 g/mol. The molecule has 2 aliphatic rings. The van der Waals surface area contributed by atoms with Crippen LogP contribution in [0.5, 0.6) is 11.5 Å². The monoisotopic (exact) mass is 310 g/mol. The Morgan fingerprint density at radius 3 is 2.71 bits per heavy atom. The number of benzene rings is 1. The fourth-order valence-corrected chi connectivity index (χ4v) is 3.18. The average Bonchev–Trinajstić information content (AvgIpc) is 2.48. The van der Waals surface area contributed by atoms with Gasteiger partial charge in [0.05, 0.1) is 5.02 Å². The van der Waals surface area contributed by atoms with Crippen molar-refractivity contribution in [3.63, 3.8) is 0 Å². The Hall–Kier alpha value is -1.46. The van der Waals surface area contributed by atoms with Crippen molar-refractivity contribution in [3.05, 3.63) is 22.7 Å². The Bertz CT molecular complexity index is 542. The molecule has 1 aromatic carbocycles. The van der Waals surface area contributed by atoms with Crippen molar-refractivity contribution in [1.82, 2.24) is 4.90 Å². The highest BCUT2D eigenvalue weighted by Gasteiger charge is 2.24. The number of primary amides is 1. The zero-order valence-electron chi connectivity index (χ0n) is 11.8. The zero-order valence-corrected chi connectivity index (χ0v) is 12.6. The molecule has 3 rings (SSSR count). The van der Waals surface area contributed by atoms with Crippen LogP contribution in [0.25, 0.3) is 0 Å². The van der Waals surface area contributed by atoms with Crippen LogP contribution in [-0.4, -0.2) is 37.1 Å². The van der Waals surface area contributed by atoms with Crippen molar-refractivity contribution in [2.75, 3.05) is 26.3 Å². The molecular formula is C15H19ClN2O3. The normalized spacial score (nSPS) is 19.5. The van der Waals surface area contributed by atoms with E-state index in [1.54, 1.807) is 0 Å². The van der Waals surface area contributed by atoms with Crippen LogP contribution in [0.15, 0.2) is 12.1 Å². The standard InChI is InChI=1S/C15H19ClN2O3/c16-12-7-10(8-13-14(12)21-6-5-20-13)9-18-3-1-11(2-4-18)15(17)19/h7-8,11H,1-6,9H2,(H2,17,19). The summed E-state index contributed by atoms with van der Waals surface area (Å²) in [5.41, 5.74) is 6.45. The van der Waals surface area contributed by atoms with Gasteiger partial charge in [-0.25, -0.2) is 0 Å². The van der Waals surface area contributed by atoms with E-state index in [0.29, 0.717) is 24.0 Å². The lowest BCUT2D eigenvalue weighted by atomic mass is 9.96. The third-order valence-electron chi connectivity index (χ3n) is 4.05. The number of amides is 1.